The molecule has 0 radical (unpaired) electrons. The smallest absolute Gasteiger partial charge is 0.322 e. The van der Waals surface area contributed by atoms with Gasteiger partial charge < -0.3 is 9.47 Å². The molecule has 1 N–H and O–H groups in total. The van der Waals surface area contributed by atoms with Crippen molar-refractivity contribution in [3.63, 3.8) is 0 Å². The van der Waals surface area contributed by atoms with Gasteiger partial charge in [-0.3, -0.25) is 14.9 Å². The first-order chi connectivity index (χ1) is 10.3. The van der Waals surface area contributed by atoms with Crippen LogP contribution < -0.4 is 5.32 Å². The van der Waals surface area contributed by atoms with Gasteiger partial charge in [0.25, 0.3) is 0 Å². The maximum atomic E-state index is 12.5. The largest absolute Gasteiger partial charge is 0.468 e. The van der Waals surface area contributed by atoms with Crippen molar-refractivity contribution in [3.8, 4) is 0 Å². The molecule has 2 rings (SSSR count). The number of hydrogen-bond donors (Lipinski definition) is 1. The fraction of sp³-hybridized carbons (Fsp3) is 0.529. The summed E-state index contributed by atoms with van der Waals surface area (Å²) in [6.45, 7) is 5.51. The van der Waals surface area contributed by atoms with E-state index >= 15 is 0 Å². The molecule has 0 spiro atoms. The summed E-state index contributed by atoms with van der Waals surface area (Å²) < 4.78 is 10.3. The predicted molar refractivity (Wildman–Crippen MR) is 82.1 cm³/mol. The number of methoxy groups -OCH3 is 1. The lowest BCUT2D eigenvalue weighted by molar-refractivity contribution is -0.160. The Balaban J connectivity index is 2.23. The van der Waals surface area contributed by atoms with E-state index in [-0.39, 0.29) is 18.0 Å². The summed E-state index contributed by atoms with van der Waals surface area (Å²) in [6, 6.07) is 8.87. The highest BCUT2D eigenvalue weighted by molar-refractivity contribution is 5.80. The second-order valence-corrected chi connectivity index (χ2v) is 6.51. The van der Waals surface area contributed by atoms with E-state index in [1.165, 1.54) is 7.11 Å². The quantitative estimate of drug-likeness (QED) is 0.868. The normalized spacial score (nSPS) is 24.8. The van der Waals surface area contributed by atoms with Crippen LogP contribution in [-0.4, -0.2) is 30.7 Å². The summed E-state index contributed by atoms with van der Waals surface area (Å²) in [5, 5.41) is 3.20. The summed E-state index contributed by atoms with van der Waals surface area (Å²) in [5.74, 6) is -1.06. The molecule has 1 fully saturated rings. The molecule has 1 aliphatic heterocycles. The van der Waals surface area contributed by atoms with E-state index < -0.39 is 17.6 Å². The van der Waals surface area contributed by atoms with Gasteiger partial charge in [0.1, 0.15) is 11.6 Å². The van der Waals surface area contributed by atoms with E-state index in [2.05, 4.69) is 5.32 Å². The second kappa shape index (κ2) is 6.48. The van der Waals surface area contributed by atoms with Crippen LogP contribution in [0, 0.1) is 5.92 Å². The average molecular weight is 305 g/mol. The Morgan fingerprint density at radius 3 is 2.32 bits per heavy atom. The van der Waals surface area contributed by atoms with Gasteiger partial charge in [-0.2, -0.15) is 0 Å². The zero-order valence-corrected chi connectivity index (χ0v) is 13.5. The molecule has 1 saturated heterocycles. The molecule has 1 aliphatic rings. The van der Waals surface area contributed by atoms with E-state index in [9.17, 15) is 9.59 Å². The Bertz CT molecular complexity index is 535. The second-order valence-electron chi connectivity index (χ2n) is 6.51. The molecule has 22 heavy (non-hydrogen) atoms. The summed E-state index contributed by atoms with van der Waals surface area (Å²) >= 11 is 0. The number of rotatable bonds is 3. The van der Waals surface area contributed by atoms with Gasteiger partial charge in [0.15, 0.2) is 0 Å². The van der Waals surface area contributed by atoms with Crippen molar-refractivity contribution in [2.45, 2.75) is 44.9 Å². The molecule has 0 unspecified atom stereocenters. The molecule has 1 heterocycles. The van der Waals surface area contributed by atoms with Crippen LogP contribution in [0.25, 0.3) is 0 Å². The van der Waals surface area contributed by atoms with Crippen LogP contribution in [0.15, 0.2) is 30.3 Å². The highest BCUT2D eigenvalue weighted by Gasteiger charge is 2.44. The van der Waals surface area contributed by atoms with Crippen LogP contribution in [0.4, 0.5) is 0 Å². The predicted octanol–water partition coefficient (Wildman–Crippen LogP) is 2.22. The van der Waals surface area contributed by atoms with Crippen molar-refractivity contribution in [2.24, 2.45) is 5.92 Å². The van der Waals surface area contributed by atoms with E-state index in [4.69, 9.17) is 9.47 Å². The molecule has 0 amide bonds. The Labute approximate surface area is 131 Å². The monoisotopic (exact) mass is 305 g/mol. The number of ether oxygens (including phenoxy) is 2. The molecule has 5 nitrogen and oxygen atoms in total. The van der Waals surface area contributed by atoms with Crippen molar-refractivity contribution in [2.75, 3.05) is 7.11 Å². The molecule has 120 valence electrons. The first-order valence-corrected chi connectivity index (χ1v) is 7.43. The van der Waals surface area contributed by atoms with Crippen LogP contribution in [0.5, 0.6) is 0 Å². The van der Waals surface area contributed by atoms with Crippen molar-refractivity contribution in [1.82, 2.24) is 5.32 Å². The molecule has 3 atom stereocenters. The standard InChI is InChI=1S/C17H23NO4/c1-17(2,3)22-15(19)12-10-13(16(20)21-4)18-14(12)11-8-6-5-7-9-11/h5-9,12-14,18H,10H2,1-4H3/t12-,13+,14-/m1/s1. The summed E-state index contributed by atoms with van der Waals surface area (Å²) in [6.07, 6.45) is 0.376. The summed E-state index contributed by atoms with van der Waals surface area (Å²) in [5.41, 5.74) is 0.409. The third-order valence-electron chi connectivity index (χ3n) is 3.63. The number of carbonyl (C=O) groups excluding carboxylic acids is 2. The first-order valence-electron chi connectivity index (χ1n) is 7.43. The first kappa shape index (κ1) is 16.5. The van der Waals surface area contributed by atoms with Crippen LogP contribution in [0.1, 0.15) is 38.8 Å². The maximum Gasteiger partial charge on any atom is 0.322 e. The minimum absolute atomic E-state index is 0.250. The van der Waals surface area contributed by atoms with Gasteiger partial charge in [-0.05, 0) is 32.8 Å². The molecule has 1 aromatic carbocycles. The number of esters is 2. The van der Waals surface area contributed by atoms with Crippen molar-refractivity contribution in [1.29, 1.82) is 0 Å². The maximum absolute atomic E-state index is 12.5. The zero-order chi connectivity index (χ0) is 16.3. The van der Waals surface area contributed by atoms with E-state index in [1.54, 1.807) is 0 Å². The van der Waals surface area contributed by atoms with Gasteiger partial charge >= 0.3 is 11.9 Å². The summed E-state index contributed by atoms with van der Waals surface area (Å²) in [4.78, 5) is 24.3. The van der Waals surface area contributed by atoms with Crippen LogP contribution in [0.3, 0.4) is 0 Å². The molecule has 0 aliphatic carbocycles. The average Bonchev–Trinajstić information content (AvgIpc) is 2.91. The van der Waals surface area contributed by atoms with E-state index in [0.717, 1.165) is 5.56 Å². The lowest BCUT2D eigenvalue weighted by atomic mass is 9.93. The fourth-order valence-electron chi connectivity index (χ4n) is 2.70. The van der Waals surface area contributed by atoms with Crippen molar-refractivity contribution >= 4 is 11.9 Å². The third kappa shape index (κ3) is 3.85. The van der Waals surface area contributed by atoms with E-state index in [0.29, 0.717) is 6.42 Å². The SMILES string of the molecule is COC(=O)[C@@H]1C[C@@H](C(=O)OC(C)(C)C)[C@@H](c2ccccc2)N1. The number of nitrogens with one attached hydrogen (secondary N) is 1. The molecule has 0 bridgehead atoms. The molecule has 0 saturated carbocycles. The van der Waals surface area contributed by atoms with Crippen molar-refractivity contribution < 1.29 is 19.1 Å². The fourth-order valence-corrected chi connectivity index (χ4v) is 2.70. The molecule has 5 heteroatoms. The van der Waals surface area contributed by atoms with Crippen LogP contribution >= 0.6 is 0 Å². The highest BCUT2D eigenvalue weighted by atomic mass is 16.6. The van der Waals surface area contributed by atoms with Crippen molar-refractivity contribution in [3.05, 3.63) is 35.9 Å². The summed E-state index contributed by atoms with van der Waals surface area (Å²) in [7, 11) is 1.35. The zero-order valence-electron chi connectivity index (χ0n) is 13.5. The molecule has 0 aromatic heterocycles. The molecular weight excluding hydrogens is 282 g/mol. The highest BCUT2D eigenvalue weighted by Crippen LogP contribution is 2.34. The topological polar surface area (TPSA) is 64.6 Å². The Morgan fingerprint density at radius 1 is 1.14 bits per heavy atom. The van der Waals surface area contributed by atoms with Gasteiger partial charge in [-0.1, -0.05) is 30.3 Å². The number of benzene rings is 1. The number of hydrogen-bond acceptors (Lipinski definition) is 5. The van der Waals surface area contributed by atoms with Gasteiger partial charge in [0, 0.05) is 6.04 Å². The minimum atomic E-state index is -0.554. The van der Waals surface area contributed by atoms with E-state index in [1.807, 2.05) is 51.1 Å². The third-order valence-corrected chi connectivity index (χ3v) is 3.63. The molecule has 1 aromatic rings. The Morgan fingerprint density at radius 2 is 1.77 bits per heavy atom. The van der Waals surface area contributed by atoms with Gasteiger partial charge in [0.05, 0.1) is 13.0 Å². The Kier molecular flexibility index (Phi) is 4.86. The van der Waals surface area contributed by atoms with Crippen LogP contribution in [-0.2, 0) is 19.1 Å². The van der Waals surface area contributed by atoms with Gasteiger partial charge in [-0.15, -0.1) is 0 Å². The lowest BCUT2D eigenvalue weighted by Crippen LogP contribution is -2.33. The van der Waals surface area contributed by atoms with Gasteiger partial charge in [0.2, 0.25) is 0 Å². The molecular formula is C17H23NO4. The van der Waals surface area contributed by atoms with Gasteiger partial charge in [-0.25, -0.2) is 0 Å². The number of carbonyl (C=O) groups is 2. The Hall–Kier alpha value is -1.88. The minimum Gasteiger partial charge on any atom is -0.468 e. The lowest BCUT2D eigenvalue weighted by Gasteiger charge is -2.25. The van der Waals surface area contributed by atoms with Crippen LogP contribution in [0.2, 0.25) is 0 Å².